The SMILES string of the molecule is COc1cccc(CSc2nc3cc(C(=O)NC(C)C)ccc3c(=O)n2CCc2ccccc2)c1. The van der Waals surface area contributed by atoms with Crippen molar-refractivity contribution < 1.29 is 9.53 Å². The maximum absolute atomic E-state index is 13.5. The summed E-state index contributed by atoms with van der Waals surface area (Å²) in [5, 5.41) is 4.03. The van der Waals surface area contributed by atoms with Gasteiger partial charge in [-0.2, -0.15) is 0 Å². The molecular weight excluding hydrogens is 458 g/mol. The van der Waals surface area contributed by atoms with E-state index in [0.29, 0.717) is 33.9 Å². The van der Waals surface area contributed by atoms with Crippen LogP contribution in [0.2, 0.25) is 0 Å². The Morgan fingerprint density at radius 3 is 2.54 bits per heavy atom. The number of benzene rings is 3. The van der Waals surface area contributed by atoms with Crippen molar-refractivity contribution in [3.05, 3.63) is 99.8 Å². The molecule has 7 heteroatoms. The van der Waals surface area contributed by atoms with E-state index in [4.69, 9.17) is 9.72 Å². The van der Waals surface area contributed by atoms with E-state index < -0.39 is 0 Å². The second-order valence-corrected chi connectivity index (χ2v) is 9.53. The van der Waals surface area contributed by atoms with Crippen LogP contribution < -0.4 is 15.6 Å². The van der Waals surface area contributed by atoms with Gasteiger partial charge < -0.3 is 10.1 Å². The third-order valence-electron chi connectivity index (χ3n) is 5.57. The minimum Gasteiger partial charge on any atom is -0.497 e. The van der Waals surface area contributed by atoms with Gasteiger partial charge in [0.1, 0.15) is 5.75 Å². The molecule has 1 heterocycles. The van der Waals surface area contributed by atoms with Gasteiger partial charge in [0, 0.05) is 23.9 Å². The van der Waals surface area contributed by atoms with Crippen LogP contribution in [0, 0.1) is 0 Å². The van der Waals surface area contributed by atoms with Gasteiger partial charge in [-0.15, -0.1) is 0 Å². The van der Waals surface area contributed by atoms with Crippen LogP contribution in [0.15, 0.2) is 82.7 Å². The highest BCUT2D eigenvalue weighted by Gasteiger charge is 2.15. The zero-order valence-corrected chi connectivity index (χ0v) is 21.0. The van der Waals surface area contributed by atoms with Crippen molar-refractivity contribution in [3.8, 4) is 5.75 Å². The van der Waals surface area contributed by atoms with Gasteiger partial charge in [0.05, 0.1) is 18.0 Å². The molecule has 0 aliphatic heterocycles. The van der Waals surface area contributed by atoms with Crippen LogP contribution >= 0.6 is 11.8 Å². The van der Waals surface area contributed by atoms with Gasteiger partial charge in [0.25, 0.3) is 11.5 Å². The van der Waals surface area contributed by atoms with E-state index in [9.17, 15) is 9.59 Å². The lowest BCUT2D eigenvalue weighted by atomic mass is 10.1. The van der Waals surface area contributed by atoms with Gasteiger partial charge in [-0.1, -0.05) is 54.2 Å². The molecule has 0 fully saturated rings. The van der Waals surface area contributed by atoms with Gasteiger partial charge in [0.15, 0.2) is 5.16 Å². The number of thioether (sulfide) groups is 1. The Hall–Kier alpha value is -3.58. The zero-order valence-electron chi connectivity index (χ0n) is 20.2. The van der Waals surface area contributed by atoms with E-state index in [-0.39, 0.29) is 17.5 Å². The Balaban J connectivity index is 1.70. The Labute approximate surface area is 209 Å². The second-order valence-electron chi connectivity index (χ2n) is 8.59. The molecule has 1 amide bonds. The number of rotatable bonds is 9. The molecule has 4 aromatic rings. The molecule has 0 unspecified atom stereocenters. The van der Waals surface area contributed by atoms with E-state index >= 15 is 0 Å². The smallest absolute Gasteiger partial charge is 0.262 e. The number of aromatic nitrogens is 2. The van der Waals surface area contributed by atoms with Crippen molar-refractivity contribution in [1.29, 1.82) is 0 Å². The monoisotopic (exact) mass is 487 g/mol. The Kier molecular flexibility index (Phi) is 7.87. The van der Waals surface area contributed by atoms with Gasteiger partial charge in [-0.05, 0) is 61.7 Å². The Morgan fingerprint density at radius 1 is 1.03 bits per heavy atom. The fourth-order valence-corrected chi connectivity index (χ4v) is 4.76. The fourth-order valence-electron chi connectivity index (χ4n) is 3.79. The van der Waals surface area contributed by atoms with Gasteiger partial charge in [0.2, 0.25) is 0 Å². The molecule has 6 nitrogen and oxygen atoms in total. The highest BCUT2D eigenvalue weighted by molar-refractivity contribution is 7.98. The molecule has 1 N–H and O–H groups in total. The summed E-state index contributed by atoms with van der Waals surface area (Å²) in [5.41, 5.74) is 3.14. The molecule has 0 aliphatic carbocycles. The summed E-state index contributed by atoms with van der Waals surface area (Å²) < 4.78 is 7.08. The number of ether oxygens (including phenoxy) is 1. The topological polar surface area (TPSA) is 73.2 Å². The second kappa shape index (κ2) is 11.2. The molecule has 4 rings (SSSR count). The highest BCUT2D eigenvalue weighted by Crippen LogP contribution is 2.25. The number of methoxy groups -OCH3 is 1. The number of amides is 1. The molecule has 0 saturated heterocycles. The lowest BCUT2D eigenvalue weighted by Gasteiger charge is -2.14. The third-order valence-corrected chi connectivity index (χ3v) is 6.62. The van der Waals surface area contributed by atoms with Crippen molar-refractivity contribution >= 4 is 28.6 Å². The van der Waals surface area contributed by atoms with Crippen LogP contribution in [0.25, 0.3) is 10.9 Å². The number of aryl methyl sites for hydroxylation is 1. The zero-order chi connectivity index (χ0) is 24.8. The van der Waals surface area contributed by atoms with Crippen LogP contribution in [0.4, 0.5) is 0 Å². The molecule has 0 bridgehead atoms. The maximum Gasteiger partial charge on any atom is 0.262 e. The van der Waals surface area contributed by atoms with E-state index in [1.807, 2.05) is 56.3 Å². The lowest BCUT2D eigenvalue weighted by molar-refractivity contribution is 0.0943. The van der Waals surface area contributed by atoms with Crippen LogP contribution in [-0.2, 0) is 18.7 Å². The number of nitrogens with one attached hydrogen (secondary N) is 1. The van der Waals surface area contributed by atoms with Crippen molar-refractivity contribution in [2.75, 3.05) is 7.11 Å². The minimum absolute atomic E-state index is 0.0196. The predicted octanol–water partition coefficient (Wildman–Crippen LogP) is 5.08. The van der Waals surface area contributed by atoms with Crippen LogP contribution in [0.1, 0.15) is 35.3 Å². The van der Waals surface area contributed by atoms with Crippen molar-refractivity contribution in [3.63, 3.8) is 0 Å². The first-order valence-electron chi connectivity index (χ1n) is 11.6. The first-order valence-corrected chi connectivity index (χ1v) is 12.6. The molecule has 35 heavy (non-hydrogen) atoms. The molecular formula is C28H29N3O3S. The molecule has 180 valence electrons. The average molecular weight is 488 g/mol. The van der Waals surface area contributed by atoms with Crippen LogP contribution in [0.5, 0.6) is 5.75 Å². The minimum atomic E-state index is -0.178. The summed E-state index contributed by atoms with van der Waals surface area (Å²) in [4.78, 5) is 30.9. The Bertz CT molecular complexity index is 1380. The summed E-state index contributed by atoms with van der Waals surface area (Å²) in [7, 11) is 1.64. The van der Waals surface area contributed by atoms with Crippen molar-refractivity contribution in [2.24, 2.45) is 0 Å². The number of carbonyl (C=O) groups is 1. The molecule has 3 aromatic carbocycles. The van der Waals surface area contributed by atoms with Crippen molar-refractivity contribution in [2.45, 2.75) is 43.8 Å². The molecule has 0 spiro atoms. The highest BCUT2D eigenvalue weighted by atomic mass is 32.2. The normalized spacial score (nSPS) is 11.1. The van der Waals surface area contributed by atoms with Gasteiger partial charge in [-0.3, -0.25) is 14.2 Å². The summed E-state index contributed by atoms with van der Waals surface area (Å²) >= 11 is 1.50. The van der Waals surface area contributed by atoms with Crippen LogP contribution in [-0.4, -0.2) is 28.6 Å². The van der Waals surface area contributed by atoms with E-state index in [1.54, 1.807) is 29.9 Å². The van der Waals surface area contributed by atoms with Gasteiger partial charge >= 0.3 is 0 Å². The molecule has 1 aromatic heterocycles. The lowest BCUT2D eigenvalue weighted by Crippen LogP contribution is -2.30. The molecule has 0 saturated carbocycles. The van der Waals surface area contributed by atoms with Gasteiger partial charge in [-0.25, -0.2) is 4.98 Å². The largest absolute Gasteiger partial charge is 0.497 e. The van der Waals surface area contributed by atoms with Crippen molar-refractivity contribution in [1.82, 2.24) is 14.9 Å². The third kappa shape index (κ3) is 6.11. The van der Waals surface area contributed by atoms with E-state index in [0.717, 1.165) is 23.3 Å². The van der Waals surface area contributed by atoms with E-state index in [2.05, 4.69) is 17.4 Å². The Morgan fingerprint density at radius 2 is 1.80 bits per heavy atom. The summed E-state index contributed by atoms with van der Waals surface area (Å²) in [5.74, 6) is 1.24. The molecule has 0 aliphatic rings. The maximum atomic E-state index is 13.5. The number of nitrogens with zero attached hydrogens (tertiary/aromatic N) is 2. The molecule has 0 radical (unpaired) electrons. The first-order chi connectivity index (χ1) is 16.9. The fraction of sp³-hybridized carbons (Fsp3) is 0.250. The first kappa shape index (κ1) is 24.5. The number of carbonyl (C=O) groups excluding carboxylic acids is 1. The number of hydrogen-bond donors (Lipinski definition) is 1. The van der Waals surface area contributed by atoms with Crippen LogP contribution in [0.3, 0.4) is 0 Å². The summed E-state index contributed by atoms with van der Waals surface area (Å²) in [6, 6.07) is 23.1. The summed E-state index contributed by atoms with van der Waals surface area (Å²) in [6.45, 7) is 4.34. The molecule has 0 atom stereocenters. The van der Waals surface area contributed by atoms with E-state index in [1.165, 1.54) is 11.8 Å². The average Bonchev–Trinajstić information content (AvgIpc) is 2.87. The summed E-state index contributed by atoms with van der Waals surface area (Å²) in [6.07, 6.45) is 0.718. The standard InChI is InChI=1S/C28H29N3O3S/c1-19(2)29-26(32)22-12-13-24-25(17-22)30-28(35-18-21-10-7-11-23(16-21)34-3)31(27(24)33)15-14-20-8-5-4-6-9-20/h4-13,16-17,19H,14-15,18H2,1-3H3,(H,29,32). The number of fused-ring (bicyclic) bond motifs is 1. The predicted molar refractivity (Wildman–Crippen MR) is 141 cm³/mol. The number of hydrogen-bond acceptors (Lipinski definition) is 5. The quantitative estimate of drug-likeness (QED) is 0.263.